The van der Waals surface area contributed by atoms with Crippen molar-refractivity contribution in [2.75, 3.05) is 39.3 Å². The topological polar surface area (TPSA) is 39.6 Å². The Bertz CT molecular complexity index is 345. The van der Waals surface area contributed by atoms with Crippen LogP contribution in [0.1, 0.15) is 17.7 Å². The predicted octanol–water partition coefficient (Wildman–Crippen LogP) is 0.890. The Hall–Kier alpha value is -0.970. The first-order valence-electron chi connectivity index (χ1n) is 6.75. The molecule has 0 amide bonds. The van der Waals surface area contributed by atoms with E-state index in [9.17, 15) is 0 Å². The number of nitrogens with zero attached hydrogens (tertiary/aromatic N) is 3. The maximum Gasteiger partial charge on any atom is 0.0443 e. The molecule has 0 saturated carbocycles. The second kappa shape index (κ2) is 6.83. The Balaban J connectivity index is 1.74. The minimum absolute atomic E-state index is 0.301. The average molecular weight is 249 g/mol. The summed E-state index contributed by atoms with van der Waals surface area (Å²) in [5, 5.41) is 8.82. The second-order valence-electron chi connectivity index (χ2n) is 5.00. The van der Waals surface area contributed by atoms with Crippen molar-refractivity contribution in [1.29, 1.82) is 0 Å². The number of aryl methyl sites for hydroxylation is 1. The first-order valence-corrected chi connectivity index (χ1v) is 6.75. The first kappa shape index (κ1) is 13.5. The van der Waals surface area contributed by atoms with Crippen LogP contribution in [0.25, 0.3) is 0 Å². The molecular weight excluding hydrogens is 226 g/mol. The maximum atomic E-state index is 8.82. The zero-order valence-electron chi connectivity index (χ0n) is 11.2. The van der Waals surface area contributed by atoms with Gasteiger partial charge < -0.3 is 10.0 Å². The van der Waals surface area contributed by atoms with Crippen molar-refractivity contribution >= 4 is 0 Å². The number of aromatic nitrogens is 1. The number of aliphatic hydroxyl groups excluding tert-OH is 1. The van der Waals surface area contributed by atoms with Crippen molar-refractivity contribution in [3.8, 4) is 0 Å². The number of hydrogen-bond donors (Lipinski definition) is 1. The molecular formula is C14H23N3O. The molecule has 0 aromatic carbocycles. The minimum Gasteiger partial charge on any atom is -0.396 e. The smallest absolute Gasteiger partial charge is 0.0443 e. The Morgan fingerprint density at radius 3 is 2.50 bits per heavy atom. The summed E-state index contributed by atoms with van der Waals surface area (Å²) in [4.78, 5) is 9.24. The highest BCUT2D eigenvalue weighted by Crippen LogP contribution is 2.08. The largest absolute Gasteiger partial charge is 0.396 e. The lowest BCUT2D eigenvalue weighted by Gasteiger charge is -2.34. The SMILES string of the molecule is Cc1ccc(CN2CCN(CCCO)CC2)cn1. The molecule has 1 aliphatic rings. The molecule has 4 heteroatoms. The Morgan fingerprint density at radius 1 is 1.17 bits per heavy atom. The molecule has 1 aromatic rings. The van der Waals surface area contributed by atoms with Crippen LogP contribution < -0.4 is 0 Å². The van der Waals surface area contributed by atoms with Gasteiger partial charge in [-0.05, 0) is 25.0 Å². The molecule has 100 valence electrons. The number of hydrogen-bond acceptors (Lipinski definition) is 4. The number of piperazine rings is 1. The fourth-order valence-corrected chi connectivity index (χ4v) is 2.32. The van der Waals surface area contributed by atoms with Crippen molar-refractivity contribution in [3.63, 3.8) is 0 Å². The Kier molecular flexibility index (Phi) is 5.11. The summed E-state index contributed by atoms with van der Waals surface area (Å²) in [7, 11) is 0. The van der Waals surface area contributed by atoms with Crippen LogP contribution in [0.2, 0.25) is 0 Å². The summed E-state index contributed by atoms with van der Waals surface area (Å²) in [6.07, 6.45) is 2.87. The molecule has 0 aliphatic carbocycles. The summed E-state index contributed by atoms with van der Waals surface area (Å²) in [5.41, 5.74) is 2.37. The van der Waals surface area contributed by atoms with Crippen molar-refractivity contribution in [2.24, 2.45) is 0 Å². The molecule has 4 nitrogen and oxygen atoms in total. The average Bonchev–Trinajstić information content (AvgIpc) is 2.41. The predicted molar refractivity (Wildman–Crippen MR) is 72.4 cm³/mol. The van der Waals surface area contributed by atoms with Crippen molar-refractivity contribution < 1.29 is 5.11 Å². The highest BCUT2D eigenvalue weighted by molar-refractivity contribution is 5.13. The third kappa shape index (κ3) is 4.05. The molecule has 2 heterocycles. The highest BCUT2D eigenvalue weighted by atomic mass is 16.3. The van der Waals surface area contributed by atoms with Gasteiger partial charge in [0, 0.05) is 57.8 Å². The fraction of sp³-hybridized carbons (Fsp3) is 0.643. The number of pyridine rings is 1. The van der Waals surface area contributed by atoms with Gasteiger partial charge in [0.05, 0.1) is 0 Å². The molecule has 18 heavy (non-hydrogen) atoms. The van der Waals surface area contributed by atoms with E-state index in [0.717, 1.165) is 51.4 Å². The lowest BCUT2D eigenvalue weighted by atomic mass is 10.2. The van der Waals surface area contributed by atoms with E-state index < -0.39 is 0 Å². The quantitative estimate of drug-likeness (QED) is 0.841. The van der Waals surface area contributed by atoms with Crippen LogP contribution in [0.15, 0.2) is 18.3 Å². The summed E-state index contributed by atoms with van der Waals surface area (Å²) >= 11 is 0. The van der Waals surface area contributed by atoms with E-state index in [1.807, 2.05) is 13.1 Å². The zero-order chi connectivity index (χ0) is 12.8. The van der Waals surface area contributed by atoms with Gasteiger partial charge in [-0.2, -0.15) is 0 Å². The molecule has 1 N–H and O–H groups in total. The summed E-state index contributed by atoms with van der Waals surface area (Å²) in [5.74, 6) is 0. The van der Waals surface area contributed by atoms with E-state index in [1.54, 1.807) is 0 Å². The standard InChI is InChI=1S/C14H23N3O/c1-13-3-4-14(11-15-13)12-17-8-6-16(7-9-17)5-2-10-18/h3-4,11,18H,2,5-10,12H2,1H3. The van der Waals surface area contributed by atoms with Crippen molar-refractivity contribution in [1.82, 2.24) is 14.8 Å². The molecule has 1 aromatic heterocycles. The molecule has 0 atom stereocenters. The van der Waals surface area contributed by atoms with Crippen LogP contribution in [0.4, 0.5) is 0 Å². The van der Waals surface area contributed by atoms with E-state index in [0.29, 0.717) is 6.61 Å². The third-order valence-electron chi connectivity index (χ3n) is 3.48. The van der Waals surface area contributed by atoms with E-state index >= 15 is 0 Å². The van der Waals surface area contributed by atoms with Gasteiger partial charge in [0.1, 0.15) is 0 Å². The lowest BCUT2D eigenvalue weighted by molar-refractivity contribution is 0.120. The second-order valence-corrected chi connectivity index (χ2v) is 5.00. The molecule has 0 unspecified atom stereocenters. The first-order chi connectivity index (χ1) is 8.78. The Labute approximate surface area is 109 Å². The van der Waals surface area contributed by atoms with Gasteiger partial charge >= 0.3 is 0 Å². The molecule has 0 bridgehead atoms. The van der Waals surface area contributed by atoms with Gasteiger partial charge in [0.25, 0.3) is 0 Å². The molecule has 1 aliphatic heterocycles. The van der Waals surface area contributed by atoms with Crippen LogP contribution in [0, 0.1) is 6.92 Å². The van der Waals surface area contributed by atoms with Gasteiger partial charge in [-0.15, -0.1) is 0 Å². The highest BCUT2D eigenvalue weighted by Gasteiger charge is 2.16. The lowest BCUT2D eigenvalue weighted by Crippen LogP contribution is -2.46. The monoisotopic (exact) mass is 249 g/mol. The summed E-state index contributed by atoms with van der Waals surface area (Å²) in [6, 6.07) is 4.24. The molecule has 0 spiro atoms. The zero-order valence-corrected chi connectivity index (χ0v) is 11.2. The normalized spacial score (nSPS) is 18.1. The van der Waals surface area contributed by atoms with E-state index in [2.05, 4.69) is 26.9 Å². The van der Waals surface area contributed by atoms with E-state index in [4.69, 9.17) is 5.11 Å². The number of aliphatic hydroxyl groups is 1. The van der Waals surface area contributed by atoms with Gasteiger partial charge in [-0.1, -0.05) is 6.07 Å². The molecule has 0 radical (unpaired) electrons. The van der Waals surface area contributed by atoms with Crippen LogP contribution >= 0.6 is 0 Å². The molecule has 2 rings (SSSR count). The number of rotatable bonds is 5. The minimum atomic E-state index is 0.301. The molecule has 1 fully saturated rings. The van der Waals surface area contributed by atoms with Crippen molar-refractivity contribution in [2.45, 2.75) is 19.9 Å². The van der Waals surface area contributed by atoms with Gasteiger partial charge in [-0.25, -0.2) is 0 Å². The van der Waals surface area contributed by atoms with Crippen LogP contribution in [-0.2, 0) is 6.54 Å². The van der Waals surface area contributed by atoms with Crippen LogP contribution in [0.5, 0.6) is 0 Å². The third-order valence-corrected chi connectivity index (χ3v) is 3.48. The van der Waals surface area contributed by atoms with Gasteiger partial charge in [0.2, 0.25) is 0 Å². The van der Waals surface area contributed by atoms with Gasteiger partial charge in [-0.3, -0.25) is 9.88 Å². The van der Waals surface area contributed by atoms with E-state index in [1.165, 1.54) is 5.56 Å². The molecule has 1 saturated heterocycles. The van der Waals surface area contributed by atoms with Gasteiger partial charge in [0.15, 0.2) is 0 Å². The van der Waals surface area contributed by atoms with Crippen LogP contribution in [0.3, 0.4) is 0 Å². The summed E-state index contributed by atoms with van der Waals surface area (Å²) < 4.78 is 0. The maximum absolute atomic E-state index is 8.82. The van der Waals surface area contributed by atoms with Crippen LogP contribution in [-0.4, -0.2) is 59.2 Å². The van der Waals surface area contributed by atoms with Crippen molar-refractivity contribution in [3.05, 3.63) is 29.6 Å². The Morgan fingerprint density at radius 2 is 1.89 bits per heavy atom. The fourth-order valence-electron chi connectivity index (χ4n) is 2.32. The summed E-state index contributed by atoms with van der Waals surface area (Å²) in [6.45, 7) is 8.79. The van der Waals surface area contributed by atoms with E-state index in [-0.39, 0.29) is 0 Å².